The van der Waals surface area contributed by atoms with Crippen molar-refractivity contribution in [2.45, 2.75) is 25.4 Å². The number of benzene rings is 1. The number of allylic oxidation sites excluding steroid dienone is 2. The third-order valence-corrected chi connectivity index (χ3v) is 5.90. The van der Waals surface area contributed by atoms with Crippen LogP contribution in [0.4, 0.5) is 18.9 Å². The lowest BCUT2D eigenvalue weighted by atomic mass is 10.1. The van der Waals surface area contributed by atoms with Gasteiger partial charge in [-0.2, -0.15) is 13.2 Å². The second kappa shape index (κ2) is 10.7. The lowest BCUT2D eigenvalue weighted by molar-refractivity contribution is -0.124. The number of pyridine rings is 1. The molecule has 3 aromatic rings. The van der Waals surface area contributed by atoms with Crippen molar-refractivity contribution in [1.29, 1.82) is 0 Å². The van der Waals surface area contributed by atoms with Crippen molar-refractivity contribution in [3.63, 3.8) is 0 Å². The zero-order valence-corrected chi connectivity index (χ0v) is 19.4. The molecule has 1 aliphatic heterocycles. The van der Waals surface area contributed by atoms with Gasteiger partial charge in [0.05, 0.1) is 30.9 Å². The van der Waals surface area contributed by atoms with Gasteiger partial charge < -0.3 is 21.7 Å². The Labute approximate surface area is 202 Å². The number of halogens is 3. The third kappa shape index (κ3) is 6.48. The highest BCUT2D eigenvalue weighted by Crippen LogP contribution is 2.25. The number of imidazole rings is 1. The first-order valence-corrected chi connectivity index (χ1v) is 11.6. The smallest absolute Gasteiger partial charge is 0.398 e. The summed E-state index contributed by atoms with van der Waals surface area (Å²) in [6.07, 6.45) is 6.64. The van der Waals surface area contributed by atoms with Gasteiger partial charge in [0.25, 0.3) is 0 Å². The zero-order valence-electron chi connectivity index (χ0n) is 19.4. The number of aromatic nitrogens is 2. The van der Waals surface area contributed by atoms with E-state index in [2.05, 4.69) is 20.5 Å². The Kier molecular flexibility index (Phi) is 7.50. The van der Waals surface area contributed by atoms with Crippen LogP contribution in [0.3, 0.4) is 0 Å². The number of hydrogen-bond donors (Lipinski definition) is 4. The van der Waals surface area contributed by atoms with Crippen molar-refractivity contribution < 1.29 is 13.2 Å². The number of nitrogens with one attached hydrogen (secondary N) is 2. The lowest BCUT2D eigenvalue weighted by Gasteiger charge is -2.28. The predicted molar refractivity (Wildman–Crippen MR) is 133 cm³/mol. The highest BCUT2D eigenvalue weighted by atomic mass is 19.4. The average molecular weight is 486 g/mol. The minimum absolute atomic E-state index is 0.00179. The van der Waals surface area contributed by atoms with Gasteiger partial charge in [0, 0.05) is 41.8 Å². The first kappa shape index (κ1) is 24.5. The van der Waals surface area contributed by atoms with Crippen LogP contribution in [-0.4, -0.2) is 46.8 Å². The van der Waals surface area contributed by atoms with E-state index in [0.29, 0.717) is 11.4 Å². The van der Waals surface area contributed by atoms with Crippen molar-refractivity contribution in [1.82, 2.24) is 19.6 Å². The van der Waals surface area contributed by atoms with Gasteiger partial charge in [-0.05, 0) is 55.7 Å². The minimum Gasteiger partial charge on any atom is -0.398 e. The fourth-order valence-electron chi connectivity index (χ4n) is 4.06. The number of rotatable bonds is 8. The number of piperidine rings is 1. The van der Waals surface area contributed by atoms with Crippen LogP contribution in [0.25, 0.3) is 22.6 Å². The molecular formula is C25H30F3N7. The molecule has 186 valence electrons. The highest BCUT2D eigenvalue weighted by Gasteiger charge is 2.25. The van der Waals surface area contributed by atoms with E-state index >= 15 is 0 Å². The van der Waals surface area contributed by atoms with E-state index in [-0.39, 0.29) is 6.67 Å². The summed E-state index contributed by atoms with van der Waals surface area (Å²) in [6, 6.07) is 11.3. The monoisotopic (exact) mass is 485 g/mol. The van der Waals surface area contributed by atoms with Crippen LogP contribution >= 0.6 is 0 Å². The third-order valence-electron chi connectivity index (χ3n) is 5.90. The van der Waals surface area contributed by atoms with E-state index in [9.17, 15) is 13.2 Å². The van der Waals surface area contributed by atoms with Gasteiger partial charge in [0.15, 0.2) is 0 Å². The zero-order chi connectivity index (χ0) is 24.8. The van der Waals surface area contributed by atoms with Crippen LogP contribution in [0.15, 0.2) is 66.8 Å². The van der Waals surface area contributed by atoms with Crippen molar-refractivity contribution in [2.75, 3.05) is 31.6 Å². The standard InChI is InChI=1S/C25H30F3N7/c26-25(27,28)16-31-17-33-20-6-4-5-19(13-20)22-15-32-24-14-18(9-12-35(22)24)21(29)7-8-23(30)34-10-2-1-3-11-34/h4-9,12-15,31,33H,1-3,10-11,16-17,29-30H2/b21-7-,23-8+. The predicted octanol–water partition coefficient (Wildman–Crippen LogP) is 4.11. The normalized spacial score (nSPS) is 15.6. The largest absolute Gasteiger partial charge is 0.401 e. The lowest BCUT2D eigenvalue weighted by Crippen LogP contribution is -2.32. The molecule has 10 heteroatoms. The average Bonchev–Trinajstić information content (AvgIpc) is 3.28. The van der Waals surface area contributed by atoms with Gasteiger partial charge in [-0.3, -0.25) is 9.72 Å². The Morgan fingerprint density at radius 3 is 2.63 bits per heavy atom. The molecule has 0 saturated carbocycles. The molecule has 1 saturated heterocycles. The first-order chi connectivity index (χ1) is 16.8. The van der Waals surface area contributed by atoms with Gasteiger partial charge in [0.1, 0.15) is 5.65 Å². The molecule has 0 amide bonds. The number of alkyl halides is 3. The quantitative estimate of drug-likeness (QED) is 0.218. The van der Waals surface area contributed by atoms with Crippen LogP contribution in [0.5, 0.6) is 0 Å². The van der Waals surface area contributed by atoms with E-state index < -0.39 is 12.7 Å². The summed E-state index contributed by atoms with van der Waals surface area (Å²) >= 11 is 0. The fraction of sp³-hybridized carbons (Fsp3) is 0.320. The summed E-state index contributed by atoms with van der Waals surface area (Å²) in [5.41, 5.74) is 17.1. The molecule has 4 rings (SSSR count). The maximum atomic E-state index is 12.3. The molecule has 0 unspecified atom stereocenters. The van der Waals surface area contributed by atoms with Crippen LogP contribution < -0.4 is 22.1 Å². The molecule has 0 radical (unpaired) electrons. The number of anilines is 1. The molecule has 2 aromatic heterocycles. The van der Waals surface area contributed by atoms with Crippen molar-refractivity contribution in [2.24, 2.45) is 11.5 Å². The number of fused-ring (bicyclic) bond motifs is 1. The van der Waals surface area contributed by atoms with Gasteiger partial charge in [-0.15, -0.1) is 0 Å². The highest BCUT2D eigenvalue weighted by molar-refractivity contribution is 5.71. The van der Waals surface area contributed by atoms with Gasteiger partial charge >= 0.3 is 6.18 Å². The molecule has 3 heterocycles. The maximum Gasteiger partial charge on any atom is 0.401 e. The first-order valence-electron chi connectivity index (χ1n) is 11.6. The number of nitrogens with zero attached hydrogens (tertiary/aromatic N) is 3. The van der Waals surface area contributed by atoms with E-state index in [1.54, 1.807) is 12.3 Å². The Hall–Kier alpha value is -3.66. The molecule has 0 bridgehead atoms. The van der Waals surface area contributed by atoms with E-state index in [4.69, 9.17) is 11.5 Å². The molecule has 1 aromatic carbocycles. The molecule has 0 aliphatic carbocycles. The summed E-state index contributed by atoms with van der Waals surface area (Å²) in [4.78, 5) is 6.69. The summed E-state index contributed by atoms with van der Waals surface area (Å²) in [6.45, 7) is 0.897. The van der Waals surface area contributed by atoms with Crippen molar-refractivity contribution in [3.8, 4) is 11.3 Å². The molecule has 0 spiro atoms. The molecule has 1 fully saturated rings. The van der Waals surface area contributed by atoms with Crippen molar-refractivity contribution >= 4 is 17.0 Å². The van der Waals surface area contributed by atoms with E-state index in [1.165, 1.54) is 6.42 Å². The number of likely N-dealkylation sites (tertiary alicyclic amines) is 1. The minimum atomic E-state index is -4.24. The second-order valence-corrected chi connectivity index (χ2v) is 8.52. The summed E-state index contributed by atoms with van der Waals surface area (Å²) < 4.78 is 38.8. The molecule has 35 heavy (non-hydrogen) atoms. The Bertz CT molecular complexity index is 1210. The summed E-state index contributed by atoms with van der Waals surface area (Å²) in [5.74, 6) is 0.721. The topological polar surface area (TPSA) is 96.6 Å². The van der Waals surface area contributed by atoms with Crippen LogP contribution in [-0.2, 0) is 0 Å². The van der Waals surface area contributed by atoms with Gasteiger partial charge in [-0.1, -0.05) is 12.1 Å². The SMILES string of the molecule is N/C(=C\C=C(/N)N1CCCCC1)c1ccn2c(-c3cccc(NCNCC(F)(F)F)c3)cnc2c1. The molecule has 1 aliphatic rings. The van der Waals surface area contributed by atoms with Crippen LogP contribution in [0, 0.1) is 0 Å². The molecule has 6 N–H and O–H groups in total. The molecule has 7 nitrogen and oxygen atoms in total. The van der Waals surface area contributed by atoms with E-state index in [1.807, 2.05) is 53.1 Å². The summed E-state index contributed by atoms with van der Waals surface area (Å²) in [5, 5.41) is 5.28. The Morgan fingerprint density at radius 2 is 1.86 bits per heavy atom. The summed E-state index contributed by atoms with van der Waals surface area (Å²) in [7, 11) is 0. The van der Waals surface area contributed by atoms with E-state index in [0.717, 1.165) is 54.2 Å². The van der Waals surface area contributed by atoms with Crippen LogP contribution in [0.2, 0.25) is 0 Å². The van der Waals surface area contributed by atoms with Gasteiger partial charge in [0.2, 0.25) is 0 Å². The Balaban J connectivity index is 1.47. The van der Waals surface area contributed by atoms with Crippen molar-refractivity contribution in [3.05, 3.63) is 72.3 Å². The number of nitrogens with two attached hydrogens (primary N) is 2. The number of hydrogen-bond acceptors (Lipinski definition) is 6. The fourth-order valence-corrected chi connectivity index (χ4v) is 4.06. The molecular weight excluding hydrogens is 455 g/mol. The maximum absolute atomic E-state index is 12.3. The van der Waals surface area contributed by atoms with Gasteiger partial charge in [-0.25, -0.2) is 4.98 Å². The van der Waals surface area contributed by atoms with Crippen LogP contribution in [0.1, 0.15) is 24.8 Å². The second-order valence-electron chi connectivity index (χ2n) is 8.52. The molecule has 0 atom stereocenters. The Morgan fingerprint density at radius 1 is 1.06 bits per heavy atom.